The Bertz CT molecular complexity index is 1530. The van der Waals surface area contributed by atoms with Crippen LogP contribution in [0.4, 0.5) is 5.69 Å². The number of aromatic nitrogens is 1. The van der Waals surface area contributed by atoms with Gasteiger partial charge in [-0.15, -0.1) is 0 Å². The summed E-state index contributed by atoms with van der Waals surface area (Å²) in [6, 6.07) is 28.9. The van der Waals surface area contributed by atoms with E-state index in [1.54, 1.807) is 22.7 Å². The van der Waals surface area contributed by atoms with Crippen molar-refractivity contribution >= 4 is 46.1 Å². The highest BCUT2D eigenvalue weighted by Gasteiger charge is 2.29. The zero-order valence-corrected chi connectivity index (χ0v) is 19.3. The first-order valence-corrected chi connectivity index (χ1v) is 11.3. The molecule has 166 valence electrons. The molecule has 2 heterocycles. The Hall–Kier alpha value is -3.86. The SMILES string of the molecule is O=C(Nc1ccccc1)c1c(-c2ccccc2)c(C(=O)c2ccc(Cl)cc2Cl)n2ccccc12. The van der Waals surface area contributed by atoms with E-state index in [9.17, 15) is 9.59 Å². The maximum Gasteiger partial charge on any atom is 0.258 e. The van der Waals surface area contributed by atoms with Gasteiger partial charge in [0, 0.05) is 28.0 Å². The second kappa shape index (κ2) is 9.18. The number of benzene rings is 3. The molecule has 1 amide bonds. The summed E-state index contributed by atoms with van der Waals surface area (Å²) < 4.78 is 1.75. The van der Waals surface area contributed by atoms with Gasteiger partial charge in [0.05, 0.1) is 16.1 Å². The number of nitrogens with one attached hydrogen (secondary N) is 1. The van der Waals surface area contributed by atoms with Crippen LogP contribution in [0, 0.1) is 0 Å². The highest BCUT2D eigenvalue weighted by Crippen LogP contribution is 2.36. The Morgan fingerprint density at radius 2 is 1.44 bits per heavy atom. The lowest BCUT2D eigenvalue weighted by atomic mass is 9.96. The molecule has 2 aromatic heterocycles. The number of fused-ring (bicyclic) bond motifs is 1. The fraction of sp³-hybridized carbons (Fsp3) is 0. The lowest BCUT2D eigenvalue weighted by molar-refractivity contribution is 0.102. The molecule has 4 nitrogen and oxygen atoms in total. The predicted octanol–water partition coefficient (Wildman–Crippen LogP) is 7.40. The molecule has 0 unspecified atom stereocenters. The van der Waals surface area contributed by atoms with Crippen molar-refractivity contribution in [2.24, 2.45) is 0 Å². The molecule has 1 N–H and O–H groups in total. The molecule has 34 heavy (non-hydrogen) atoms. The van der Waals surface area contributed by atoms with Gasteiger partial charge >= 0.3 is 0 Å². The number of ketones is 1. The molecule has 0 saturated carbocycles. The minimum atomic E-state index is -0.310. The van der Waals surface area contributed by atoms with E-state index in [4.69, 9.17) is 23.2 Å². The molecule has 0 fully saturated rings. The van der Waals surface area contributed by atoms with Crippen molar-refractivity contribution in [2.75, 3.05) is 5.32 Å². The van der Waals surface area contributed by atoms with Gasteiger partial charge in [-0.05, 0) is 48.0 Å². The lowest BCUT2D eigenvalue weighted by Crippen LogP contribution is -2.13. The van der Waals surface area contributed by atoms with Crippen molar-refractivity contribution in [3.8, 4) is 11.1 Å². The number of anilines is 1. The second-order valence-corrected chi connectivity index (χ2v) is 8.54. The quantitative estimate of drug-likeness (QED) is 0.264. The summed E-state index contributed by atoms with van der Waals surface area (Å²) in [4.78, 5) is 27.5. The van der Waals surface area contributed by atoms with Crippen molar-refractivity contribution < 1.29 is 9.59 Å². The van der Waals surface area contributed by atoms with Crippen molar-refractivity contribution in [2.45, 2.75) is 0 Å². The van der Waals surface area contributed by atoms with Crippen LogP contribution in [0.2, 0.25) is 10.0 Å². The third kappa shape index (κ3) is 3.98. The molecule has 0 aliphatic heterocycles. The standard InChI is InChI=1S/C28H18Cl2N2O2/c29-19-14-15-21(22(30)17-19)27(33)26-24(18-9-3-1-4-10-18)25(23-13-7-8-16-32(23)26)28(34)31-20-11-5-2-6-12-20/h1-17H,(H,31,34). The summed E-state index contributed by atoms with van der Waals surface area (Å²) in [5, 5.41) is 3.65. The van der Waals surface area contributed by atoms with Crippen LogP contribution in [-0.4, -0.2) is 16.1 Å². The maximum atomic E-state index is 13.9. The summed E-state index contributed by atoms with van der Waals surface area (Å²) >= 11 is 12.5. The largest absolute Gasteiger partial charge is 0.322 e. The summed E-state index contributed by atoms with van der Waals surface area (Å²) in [5.74, 6) is -0.615. The second-order valence-electron chi connectivity index (χ2n) is 7.69. The number of hydrogen-bond acceptors (Lipinski definition) is 2. The van der Waals surface area contributed by atoms with Crippen LogP contribution >= 0.6 is 23.2 Å². The average Bonchev–Trinajstić information content (AvgIpc) is 3.20. The molecule has 0 atom stereocenters. The van der Waals surface area contributed by atoms with E-state index in [1.165, 1.54) is 6.07 Å². The van der Waals surface area contributed by atoms with Gasteiger partial charge in [0.2, 0.25) is 5.78 Å². The number of hydrogen-bond donors (Lipinski definition) is 1. The molecule has 6 heteroatoms. The van der Waals surface area contributed by atoms with Crippen molar-refractivity contribution in [1.29, 1.82) is 0 Å². The minimum Gasteiger partial charge on any atom is -0.322 e. The molecular weight excluding hydrogens is 467 g/mol. The molecule has 0 bridgehead atoms. The average molecular weight is 485 g/mol. The fourth-order valence-corrected chi connectivity index (χ4v) is 4.56. The van der Waals surface area contributed by atoms with Gasteiger partial charge in [0.15, 0.2) is 0 Å². The maximum absolute atomic E-state index is 13.9. The number of carbonyl (C=O) groups is 2. The van der Waals surface area contributed by atoms with Crippen LogP contribution in [-0.2, 0) is 0 Å². The number of carbonyl (C=O) groups excluding carboxylic acids is 2. The van der Waals surface area contributed by atoms with Crippen LogP contribution in [0.15, 0.2) is 103 Å². The molecule has 0 radical (unpaired) electrons. The van der Waals surface area contributed by atoms with Gasteiger partial charge < -0.3 is 9.72 Å². The van der Waals surface area contributed by atoms with Crippen molar-refractivity contribution in [3.63, 3.8) is 0 Å². The first kappa shape index (κ1) is 22.0. The number of rotatable bonds is 5. The van der Waals surface area contributed by atoms with E-state index in [0.29, 0.717) is 38.6 Å². The van der Waals surface area contributed by atoms with Gasteiger partial charge in [0.1, 0.15) is 5.69 Å². The Labute approximate surface area is 206 Å². The van der Waals surface area contributed by atoms with E-state index in [0.717, 1.165) is 5.56 Å². The molecule has 0 spiro atoms. The van der Waals surface area contributed by atoms with E-state index in [1.807, 2.05) is 78.9 Å². The molecule has 3 aromatic carbocycles. The smallest absolute Gasteiger partial charge is 0.258 e. The lowest BCUT2D eigenvalue weighted by Gasteiger charge is -2.10. The number of nitrogens with zero attached hydrogens (tertiary/aromatic N) is 1. The van der Waals surface area contributed by atoms with E-state index in [2.05, 4.69) is 5.32 Å². The molecular formula is C28H18Cl2N2O2. The van der Waals surface area contributed by atoms with Gasteiger partial charge in [-0.1, -0.05) is 77.8 Å². The van der Waals surface area contributed by atoms with Gasteiger partial charge in [0.25, 0.3) is 5.91 Å². The Morgan fingerprint density at radius 1 is 0.765 bits per heavy atom. The number of pyridine rings is 1. The predicted molar refractivity (Wildman–Crippen MR) is 137 cm³/mol. The van der Waals surface area contributed by atoms with E-state index in [-0.39, 0.29) is 16.7 Å². The molecule has 0 aliphatic rings. The molecule has 0 aliphatic carbocycles. The summed E-state index contributed by atoms with van der Waals surface area (Å²) in [6.07, 6.45) is 1.78. The first-order valence-electron chi connectivity index (χ1n) is 10.6. The third-order valence-corrected chi connectivity index (χ3v) is 6.10. The van der Waals surface area contributed by atoms with Gasteiger partial charge in [-0.3, -0.25) is 9.59 Å². The van der Waals surface area contributed by atoms with E-state index >= 15 is 0 Å². The molecule has 5 rings (SSSR count). The number of halogens is 2. The van der Waals surface area contributed by atoms with Crippen LogP contribution in [0.3, 0.4) is 0 Å². The van der Waals surface area contributed by atoms with Crippen molar-refractivity contribution in [1.82, 2.24) is 4.40 Å². The van der Waals surface area contributed by atoms with Crippen molar-refractivity contribution in [3.05, 3.63) is 130 Å². The zero-order valence-electron chi connectivity index (χ0n) is 17.8. The topological polar surface area (TPSA) is 50.6 Å². The van der Waals surface area contributed by atoms with E-state index < -0.39 is 0 Å². The third-order valence-electron chi connectivity index (χ3n) is 5.56. The molecule has 5 aromatic rings. The summed E-state index contributed by atoms with van der Waals surface area (Å²) in [5.41, 5.74) is 3.63. The van der Waals surface area contributed by atoms with Crippen LogP contribution in [0.5, 0.6) is 0 Å². The van der Waals surface area contributed by atoms with Gasteiger partial charge in [-0.25, -0.2) is 0 Å². The highest BCUT2D eigenvalue weighted by atomic mass is 35.5. The monoisotopic (exact) mass is 484 g/mol. The van der Waals surface area contributed by atoms with Crippen LogP contribution < -0.4 is 5.32 Å². The first-order chi connectivity index (χ1) is 16.5. The summed E-state index contributed by atoms with van der Waals surface area (Å²) in [6.45, 7) is 0. The highest BCUT2D eigenvalue weighted by molar-refractivity contribution is 6.38. The van der Waals surface area contributed by atoms with Gasteiger partial charge in [-0.2, -0.15) is 0 Å². The molecule has 0 saturated heterocycles. The number of para-hydroxylation sites is 1. The zero-order chi connectivity index (χ0) is 23.7. The Morgan fingerprint density at radius 3 is 2.15 bits per heavy atom. The fourth-order valence-electron chi connectivity index (χ4n) is 4.06. The Balaban J connectivity index is 1.79. The van der Waals surface area contributed by atoms with Crippen LogP contribution in [0.25, 0.3) is 16.6 Å². The minimum absolute atomic E-state index is 0.248. The summed E-state index contributed by atoms with van der Waals surface area (Å²) in [7, 11) is 0. The van der Waals surface area contributed by atoms with Crippen LogP contribution in [0.1, 0.15) is 26.4 Å². The number of amides is 1. The normalized spacial score (nSPS) is 10.9. The Kier molecular flexibility index (Phi) is 5.93.